The molecule has 0 saturated heterocycles. The number of aryl methyl sites for hydroxylation is 1. The fourth-order valence-corrected chi connectivity index (χ4v) is 4.92. The van der Waals surface area contributed by atoms with Crippen molar-refractivity contribution >= 4 is 9.84 Å². The molecule has 2 heterocycles. The van der Waals surface area contributed by atoms with Gasteiger partial charge in [0.25, 0.3) is 0 Å². The zero-order valence-corrected chi connectivity index (χ0v) is 16.4. The van der Waals surface area contributed by atoms with Crippen molar-refractivity contribution in [3.05, 3.63) is 29.8 Å². The van der Waals surface area contributed by atoms with Crippen molar-refractivity contribution in [2.75, 3.05) is 26.5 Å². The van der Waals surface area contributed by atoms with Crippen LogP contribution >= 0.6 is 0 Å². The minimum atomic E-state index is -3.36. The average molecular weight is 382 g/mol. The average Bonchev–Trinajstić information content (AvgIpc) is 3.12. The molecule has 2 aromatic rings. The Kier molecular flexibility index (Phi) is 5.79. The summed E-state index contributed by atoms with van der Waals surface area (Å²) in [6, 6.07) is 0. The van der Waals surface area contributed by atoms with Gasteiger partial charge in [0, 0.05) is 45.6 Å². The van der Waals surface area contributed by atoms with Crippen molar-refractivity contribution < 1.29 is 13.2 Å². The van der Waals surface area contributed by atoms with Crippen LogP contribution in [0.5, 0.6) is 0 Å². The number of aromatic nitrogens is 4. The maximum absolute atomic E-state index is 12.7. The Labute approximate surface area is 154 Å². The SMILES string of the molecule is COCCn1c(CN(C)Cc2cnn(C)c2)cnc1S(=O)(=O)CC1CC1. The molecule has 1 saturated carbocycles. The highest BCUT2D eigenvalue weighted by Crippen LogP contribution is 2.32. The van der Waals surface area contributed by atoms with Gasteiger partial charge in [0.1, 0.15) is 0 Å². The number of nitrogens with zero attached hydrogens (tertiary/aromatic N) is 5. The number of methoxy groups -OCH3 is 1. The number of hydrogen-bond acceptors (Lipinski definition) is 6. The van der Waals surface area contributed by atoms with Gasteiger partial charge in [0.15, 0.2) is 0 Å². The quantitative estimate of drug-likeness (QED) is 0.612. The Balaban J connectivity index is 1.77. The second-order valence-electron chi connectivity index (χ2n) is 7.10. The fraction of sp³-hybridized carbons (Fsp3) is 0.647. The Hall–Kier alpha value is -1.71. The molecular formula is C17H27N5O3S. The first-order chi connectivity index (χ1) is 12.4. The third-order valence-electron chi connectivity index (χ3n) is 4.49. The fourth-order valence-electron chi connectivity index (χ4n) is 3.06. The zero-order chi connectivity index (χ0) is 18.7. The molecular weight excluding hydrogens is 354 g/mol. The van der Waals surface area contributed by atoms with Gasteiger partial charge in [0.2, 0.25) is 15.0 Å². The summed E-state index contributed by atoms with van der Waals surface area (Å²) in [5.74, 6) is 0.492. The van der Waals surface area contributed by atoms with E-state index in [-0.39, 0.29) is 10.9 Å². The summed E-state index contributed by atoms with van der Waals surface area (Å²) < 4.78 is 34.2. The molecule has 26 heavy (non-hydrogen) atoms. The molecule has 0 spiro atoms. The third kappa shape index (κ3) is 4.72. The van der Waals surface area contributed by atoms with Crippen LogP contribution in [0.3, 0.4) is 0 Å². The first kappa shape index (κ1) is 19.1. The topological polar surface area (TPSA) is 82.2 Å². The zero-order valence-electron chi connectivity index (χ0n) is 15.6. The molecule has 0 amide bonds. The van der Waals surface area contributed by atoms with E-state index < -0.39 is 9.84 Å². The smallest absolute Gasteiger partial charge is 0.227 e. The van der Waals surface area contributed by atoms with Gasteiger partial charge in [-0.25, -0.2) is 13.4 Å². The van der Waals surface area contributed by atoms with Crippen LogP contribution in [0.15, 0.2) is 23.7 Å². The van der Waals surface area contributed by atoms with Gasteiger partial charge in [-0.1, -0.05) is 0 Å². The first-order valence-corrected chi connectivity index (χ1v) is 10.5. The molecule has 0 bridgehead atoms. The largest absolute Gasteiger partial charge is 0.383 e. The van der Waals surface area contributed by atoms with E-state index in [0.717, 1.165) is 30.6 Å². The monoisotopic (exact) mass is 381 g/mol. The molecule has 144 valence electrons. The van der Waals surface area contributed by atoms with E-state index in [2.05, 4.69) is 15.0 Å². The lowest BCUT2D eigenvalue weighted by Gasteiger charge is -2.18. The Bertz CT molecular complexity index is 838. The number of ether oxygens (including phenoxy) is 1. The van der Waals surface area contributed by atoms with Crippen LogP contribution in [0.1, 0.15) is 24.1 Å². The molecule has 0 N–H and O–H groups in total. The van der Waals surface area contributed by atoms with Crippen LogP contribution in [-0.4, -0.2) is 59.2 Å². The van der Waals surface area contributed by atoms with E-state index >= 15 is 0 Å². The maximum Gasteiger partial charge on any atom is 0.227 e. The van der Waals surface area contributed by atoms with Crippen molar-refractivity contribution in [2.45, 2.75) is 37.6 Å². The van der Waals surface area contributed by atoms with Gasteiger partial charge < -0.3 is 9.30 Å². The molecule has 3 rings (SSSR count). The molecule has 0 aliphatic heterocycles. The molecule has 0 aromatic carbocycles. The Morgan fingerprint density at radius 1 is 1.31 bits per heavy atom. The molecule has 9 heteroatoms. The van der Waals surface area contributed by atoms with E-state index in [1.165, 1.54) is 0 Å². The third-order valence-corrected chi connectivity index (χ3v) is 6.29. The van der Waals surface area contributed by atoms with E-state index in [4.69, 9.17) is 4.74 Å². The van der Waals surface area contributed by atoms with Crippen molar-refractivity contribution in [3.63, 3.8) is 0 Å². The van der Waals surface area contributed by atoms with Crippen molar-refractivity contribution in [3.8, 4) is 0 Å². The van der Waals surface area contributed by atoms with Crippen LogP contribution in [0, 0.1) is 5.92 Å². The second kappa shape index (κ2) is 7.89. The molecule has 1 aliphatic rings. The summed E-state index contributed by atoms with van der Waals surface area (Å²) in [6.07, 6.45) is 7.49. The van der Waals surface area contributed by atoms with Crippen molar-refractivity contribution in [2.24, 2.45) is 13.0 Å². The number of sulfone groups is 1. The first-order valence-electron chi connectivity index (χ1n) is 8.81. The summed E-state index contributed by atoms with van der Waals surface area (Å²) in [5, 5.41) is 4.35. The van der Waals surface area contributed by atoms with Gasteiger partial charge in [-0.3, -0.25) is 9.58 Å². The van der Waals surface area contributed by atoms with Gasteiger partial charge in [-0.15, -0.1) is 0 Å². The molecule has 1 fully saturated rings. The Morgan fingerprint density at radius 2 is 2.08 bits per heavy atom. The van der Waals surface area contributed by atoms with Crippen molar-refractivity contribution in [1.82, 2.24) is 24.2 Å². The lowest BCUT2D eigenvalue weighted by molar-refractivity contribution is 0.182. The number of hydrogen-bond donors (Lipinski definition) is 0. The highest BCUT2D eigenvalue weighted by molar-refractivity contribution is 7.91. The standard InChI is InChI=1S/C17H27N5O3S/c1-20(10-15-8-19-21(2)11-15)12-16-9-18-17(22(16)6-7-25-3)26(23,24)13-14-4-5-14/h8-9,11,14H,4-7,10,12-13H2,1-3H3. The molecule has 2 aromatic heterocycles. The lowest BCUT2D eigenvalue weighted by Crippen LogP contribution is -2.22. The second-order valence-corrected chi connectivity index (χ2v) is 9.02. The van der Waals surface area contributed by atoms with E-state index in [9.17, 15) is 8.42 Å². The molecule has 1 aliphatic carbocycles. The number of imidazole rings is 1. The summed E-state index contributed by atoms with van der Waals surface area (Å²) >= 11 is 0. The van der Waals surface area contributed by atoms with Gasteiger partial charge >= 0.3 is 0 Å². The predicted octanol–water partition coefficient (Wildman–Crippen LogP) is 1.08. The summed E-state index contributed by atoms with van der Waals surface area (Å²) in [6.45, 7) is 2.26. The summed E-state index contributed by atoms with van der Waals surface area (Å²) in [4.78, 5) is 6.38. The van der Waals surface area contributed by atoms with Crippen LogP contribution < -0.4 is 0 Å². The van der Waals surface area contributed by atoms with Gasteiger partial charge in [-0.05, 0) is 25.8 Å². The highest BCUT2D eigenvalue weighted by atomic mass is 32.2. The predicted molar refractivity (Wildman–Crippen MR) is 97.3 cm³/mol. The lowest BCUT2D eigenvalue weighted by atomic mass is 10.3. The van der Waals surface area contributed by atoms with Crippen LogP contribution in [0.4, 0.5) is 0 Å². The van der Waals surface area contributed by atoms with Crippen molar-refractivity contribution in [1.29, 1.82) is 0 Å². The minimum absolute atomic E-state index is 0.172. The normalized spacial score (nSPS) is 15.1. The van der Waals surface area contributed by atoms with Crippen LogP contribution in [-0.2, 0) is 41.3 Å². The van der Waals surface area contributed by atoms with E-state index in [1.807, 2.05) is 26.5 Å². The molecule has 8 nitrogen and oxygen atoms in total. The summed E-state index contributed by atoms with van der Waals surface area (Å²) in [7, 11) is 2.14. The number of rotatable bonds is 10. The molecule has 0 unspecified atom stereocenters. The van der Waals surface area contributed by atoms with E-state index in [0.29, 0.717) is 25.6 Å². The molecule has 0 atom stereocenters. The van der Waals surface area contributed by atoms with Crippen LogP contribution in [0.2, 0.25) is 0 Å². The van der Waals surface area contributed by atoms with Crippen LogP contribution in [0.25, 0.3) is 0 Å². The molecule has 0 radical (unpaired) electrons. The minimum Gasteiger partial charge on any atom is -0.383 e. The van der Waals surface area contributed by atoms with E-state index in [1.54, 1.807) is 22.6 Å². The van der Waals surface area contributed by atoms with Gasteiger partial charge in [-0.2, -0.15) is 5.10 Å². The maximum atomic E-state index is 12.7. The van der Waals surface area contributed by atoms with Gasteiger partial charge in [0.05, 0.1) is 30.4 Å². The Morgan fingerprint density at radius 3 is 2.69 bits per heavy atom. The summed E-state index contributed by atoms with van der Waals surface area (Å²) in [5.41, 5.74) is 1.99. The highest BCUT2D eigenvalue weighted by Gasteiger charge is 2.32.